The molecule has 0 aromatic heterocycles. The van der Waals surface area contributed by atoms with Gasteiger partial charge in [0.15, 0.2) is 6.61 Å². The van der Waals surface area contributed by atoms with E-state index in [1.807, 2.05) is 6.07 Å². The Balaban J connectivity index is 1.30. The van der Waals surface area contributed by atoms with Gasteiger partial charge in [0.2, 0.25) is 0 Å². The molecule has 0 spiro atoms. The van der Waals surface area contributed by atoms with E-state index >= 15 is 0 Å². The molecule has 6 heteroatoms. The number of nitrogens with one attached hydrogen (secondary N) is 1. The minimum atomic E-state index is -0.174. The van der Waals surface area contributed by atoms with Crippen molar-refractivity contribution in [2.45, 2.75) is 50.6 Å². The molecule has 4 aliphatic heterocycles. The number of fused-ring (bicyclic) bond motifs is 7. The quantitative estimate of drug-likeness (QED) is 0.727. The van der Waals surface area contributed by atoms with Crippen LogP contribution in [0.4, 0.5) is 5.69 Å². The number of benzene rings is 1. The van der Waals surface area contributed by atoms with E-state index in [4.69, 9.17) is 4.74 Å². The highest BCUT2D eigenvalue weighted by atomic mass is 16.5. The SMILES string of the molecule is O=C1COc2ccc(C(=O)N3CCCC4=C[C@H]5C[C@@H](CN6CCCCC56)C43)cc2N1. The molecule has 6 rings (SSSR count). The van der Waals surface area contributed by atoms with Crippen molar-refractivity contribution >= 4 is 17.5 Å². The summed E-state index contributed by atoms with van der Waals surface area (Å²) < 4.78 is 5.45. The molecule has 2 amide bonds. The average molecular weight is 408 g/mol. The molecule has 0 saturated carbocycles. The van der Waals surface area contributed by atoms with Crippen LogP contribution in [0.3, 0.4) is 0 Å². The highest BCUT2D eigenvalue weighted by Gasteiger charge is 2.47. The summed E-state index contributed by atoms with van der Waals surface area (Å²) in [5.41, 5.74) is 2.73. The summed E-state index contributed by atoms with van der Waals surface area (Å²) in [6.45, 7) is 3.18. The van der Waals surface area contributed by atoms with Crippen LogP contribution >= 0.6 is 0 Å². The third-order valence-corrected chi connectivity index (χ3v) is 7.78. The first-order valence-electron chi connectivity index (χ1n) is 11.5. The normalized spacial score (nSPS) is 32.7. The predicted molar refractivity (Wildman–Crippen MR) is 114 cm³/mol. The third-order valence-electron chi connectivity index (χ3n) is 7.78. The first-order valence-corrected chi connectivity index (χ1v) is 11.5. The van der Waals surface area contributed by atoms with Crippen molar-refractivity contribution in [1.82, 2.24) is 9.80 Å². The van der Waals surface area contributed by atoms with Crippen LogP contribution < -0.4 is 10.1 Å². The number of likely N-dealkylation sites (tertiary alicyclic amines) is 1. The molecule has 4 heterocycles. The van der Waals surface area contributed by atoms with Gasteiger partial charge in [0.1, 0.15) is 5.75 Å². The standard InChI is InChI=1S/C24H29N3O3/c28-22-14-30-21-7-6-16(12-19(21)25-22)24(29)27-9-3-4-15-10-17-11-18(23(15)27)13-26-8-2-1-5-20(17)26/h6-7,10,12,17-18,20,23H,1-5,8-9,11,13-14H2,(H,25,28)/t17-,18-,20?,23?/m0/s1. The van der Waals surface area contributed by atoms with E-state index in [1.54, 1.807) is 12.1 Å². The van der Waals surface area contributed by atoms with Crippen LogP contribution in [0.25, 0.3) is 0 Å². The number of rotatable bonds is 1. The van der Waals surface area contributed by atoms with Crippen LogP contribution in [0.2, 0.25) is 0 Å². The molecule has 2 bridgehead atoms. The topological polar surface area (TPSA) is 61.9 Å². The molecule has 5 aliphatic rings. The number of anilines is 1. The summed E-state index contributed by atoms with van der Waals surface area (Å²) >= 11 is 0. The van der Waals surface area contributed by atoms with Crippen molar-refractivity contribution < 1.29 is 14.3 Å². The van der Waals surface area contributed by atoms with Crippen molar-refractivity contribution in [2.24, 2.45) is 11.8 Å². The van der Waals surface area contributed by atoms with Crippen LogP contribution in [0.15, 0.2) is 29.8 Å². The molecule has 1 aliphatic carbocycles. The largest absolute Gasteiger partial charge is 0.482 e. The molecule has 0 radical (unpaired) electrons. The Bertz CT molecular complexity index is 926. The molecule has 3 fully saturated rings. The third kappa shape index (κ3) is 2.96. The Morgan fingerprint density at radius 3 is 3.03 bits per heavy atom. The van der Waals surface area contributed by atoms with Crippen molar-refractivity contribution in [1.29, 1.82) is 0 Å². The van der Waals surface area contributed by atoms with Gasteiger partial charge in [0, 0.05) is 24.7 Å². The van der Waals surface area contributed by atoms with Gasteiger partial charge in [-0.25, -0.2) is 0 Å². The minimum absolute atomic E-state index is 0.0307. The first-order chi connectivity index (χ1) is 14.7. The van der Waals surface area contributed by atoms with Crippen LogP contribution in [0, 0.1) is 11.8 Å². The lowest BCUT2D eigenvalue weighted by Gasteiger charge is -2.54. The molecule has 3 saturated heterocycles. The van der Waals surface area contributed by atoms with Gasteiger partial charge in [-0.05, 0) is 68.7 Å². The van der Waals surface area contributed by atoms with Crippen molar-refractivity contribution in [3.63, 3.8) is 0 Å². The molecule has 6 nitrogen and oxygen atoms in total. The fourth-order valence-corrected chi connectivity index (χ4v) is 6.58. The molecule has 30 heavy (non-hydrogen) atoms. The molecule has 4 atom stereocenters. The number of nitrogens with zero attached hydrogens (tertiary/aromatic N) is 2. The van der Waals surface area contributed by atoms with Crippen molar-refractivity contribution in [3.8, 4) is 5.75 Å². The summed E-state index contributed by atoms with van der Waals surface area (Å²) in [5.74, 6) is 1.74. The molecule has 2 unspecified atom stereocenters. The number of carbonyl (C=O) groups is 2. The van der Waals surface area contributed by atoms with Gasteiger partial charge in [0.25, 0.3) is 11.8 Å². The zero-order chi connectivity index (χ0) is 20.2. The Morgan fingerprint density at radius 1 is 1.17 bits per heavy atom. The summed E-state index contributed by atoms with van der Waals surface area (Å²) in [4.78, 5) is 30.1. The Morgan fingerprint density at radius 2 is 2.10 bits per heavy atom. The molecule has 1 aromatic carbocycles. The fraction of sp³-hybridized carbons (Fsp3) is 0.583. The smallest absolute Gasteiger partial charge is 0.262 e. The lowest BCUT2D eigenvalue weighted by molar-refractivity contribution is -0.118. The lowest BCUT2D eigenvalue weighted by Crippen LogP contribution is -2.60. The number of carbonyl (C=O) groups excluding carboxylic acids is 2. The van der Waals surface area contributed by atoms with E-state index in [2.05, 4.69) is 21.2 Å². The summed E-state index contributed by atoms with van der Waals surface area (Å²) in [7, 11) is 0. The van der Waals surface area contributed by atoms with Gasteiger partial charge in [-0.3, -0.25) is 14.5 Å². The summed E-state index contributed by atoms with van der Waals surface area (Å²) in [6, 6.07) is 6.37. The Kier molecular flexibility index (Phi) is 4.37. The van der Waals surface area contributed by atoms with E-state index in [0.29, 0.717) is 28.8 Å². The number of hydrogen-bond acceptors (Lipinski definition) is 4. The van der Waals surface area contributed by atoms with E-state index in [9.17, 15) is 9.59 Å². The molecule has 158 valence electrons. The molecular weight excluding hydrogens is 378 g/mol. The highest BCUT2D eigenvalue weighted by Crippen LogP contribution is 2.45. The van der Waals surface area contributed by atoms with Gasteiger partial charge >= 0.3 is 0 Å². The monoisotopic (exact) mass is 407 g/mol. The van der Waals surface area contributed by atoms with E-state index in [1.165, 1.54) is 37.8 Å². The maximum Gasteiger partial charge on any atom is 0.262 e. The number of hydrogen-bond donors (Lipinski definition) is 1. The van der Waals surface area contributed by atoms with Crippen LogP contribution in [0.1, 0.15) is 48.9 Å². The van der Waals surface area contributed by atoms with Crippen molar-refractivity contribution in [2.75, 3.05) is 31.6 Å². The molecular formula is C24H29N3O3. The second-order valence-electron chi connectivity index (χ2n) is 9.55. The average Bonchev–Trinajstić information content (AvgIpc) is 2.78. The van der Waals surface area contributed by atoms with E-state index < -0.39 is 0 Å². The van der Waals surface area contributed by atoms with Gasteiger partial charge in [-0.1, -0.05) is 18.1 Å². The number of piperidine rings is 3. The Labute approximate surface area is 177 Å². The van der Waals surface area contributed by atoms with Gasteiger partial charge < -0.3 is 15.0 Å². The predicted octanol–water partition coefficient (Wildman–Crippen LogP) is 3.05. The second-order valence-corrected chi connectivity index (χ2v) is 9.55. The van der Waals surface area contributed by atoms with Crippen LogP contribution in [-0.4, -0.2) is 59.9 Å². The number of ether oxygens (including phenoxy) is 1. The summed E-state index contributed by atoms with van der Waals surface area (Å²) in [5, 5.41) is 2.83. The number of amides is 2. The molecule has 1 aromatic rings. The fourth-order valence-electron chi connectivity index (χ4n) is 6.58. The zero-order valence-corrected chi connectivity index (χ0v) is 17.3. The Hall–Kier alpha value is -2.34. The zero-order valence-electron chi connectivity index (χ0n) is 17.3. The maximum absolute atomic E-state index is 13.6. The van der Waals surface area contributed by atoms with Gasteiger partial charge in [-0.15, -0.1) is 0 Å². The van der Waals surface area contributed by atoms with E-state index in [-0.39, 0.29) is 24.5 Å². The van der Waals surface area contributed by atoms with Crippen LogP contribution in [0.5, 0.6) is 5.75 Å². The van der Waals surface area contributed by atoms with Crippen LogP contribution in [-0.2, 0) is 4.79 Å². The maximum atomic E-state index is 13.6. The van der Waals surface area contributed by atoms with Gasteiger partial charge in [-0.2, -0.15) is 0 Å². The van der Waals surface area contributed by atoms with E-state index in [0.717, 1.165) is 32.0 Å². The summed E-state index contributed by atoms with van der Waals surface area (Å²) in [6.07, 6.45) is 9.92. The minimum Gasteiger partial charge on any atom is -0.482 e. The first kappa shape index (κ1) is 18.4. The van der Waals surface area contributed by atoms with Gasteiger partial charge in [0.05, 0.1) is 11.7 Å². The molecule has 1 N–H and O–H groups in total. The van der Waals surface area contributed by atoms with Crippen molar-refractivity contribution in [3.05, 3.63) is 35.4 Å². The lowest BCUT2D eigenvalue weighted by atomic mass is 9.68. The second kappa shape index (κ2) is 7.12. The highest BCUT2D eigenvalue weighted by molar-refractivity contribution is 6.00.